The van der Waals surface area contributed by atoms with E-state index in [0.29, 0.717) is 0 Å². The number of rotatable bonds is 3. The van der Waals surface area contributed by atoms with Gasteiger partial charge < -0.3 is 5.32 Å². The van der Waals surface area contributed by atoms with E-state index in [2.05, 4.69) is 20.7 Å². The monoisotopic (exact) mass is 251 g/mol. The van der Waals surface area contributed by atoms with Gasteiger partial charge in [0.15, 0.2) is 5.69 Å². The maximum Gasteiger partial charge on any atom is 0.304 e. The van der Waals surface area contributed by atoms with Crippen LogP contribution in [-0.2, 0) is 0 Å². The van der Waals surface area contributed by atoms with E-state index >= 15 is 0 Å². The standard InChI is InChI=1S/C9H6FN5O3/c10-6-3-5(1-2-8(6)15(17)18)12-9(16)7-4-11-14-13-7/h1-4H,(H,12,16)(H,11,13,14). The zero-order valence-corrected chi connectivity index (χ0v) is 8.75. The number of halogens is 1. The lowest BCUT2D eigenvalue weighted by Gasteiger charge is -2.02. The first kappa shape index (κ1) is 11.6. The quantitative estimate of drug-likeness (QED) is 0.626. The number of anilines is 1. The van der Waals surface area contributed by atoms with Crippen LogP contribution >= 0.6 is 0 Å². The Labute approximate surface area is 99.0 Å². The lowest BCUT2D eigenvalue weighted by atomic mass is 10.2. The number of hydrogen-bond acceptors (Lipinski definition) is 5. The van der Waals surface area contributed by atoms with Crippen molar-refractivity contribution in [1.29, 1.82) is 0 Å². The van der Waals surface area contributed by atoms with Gasteiger partial charge in [0.1, 0.15) is 0 Å². The number of aromatic nitrogens is 3. The average molecular weight is 251 g/mol. The van der Waals surface area contributed by atoms with E-state index in [1.165, 1.54) is 12.3 Å². The van der Waals surface area contributed by atoms with Crippen LogP contribution in [0.4, 0.5) is 15.8 Å². The molecule has 2 N–H and O–H groups in total. The van der Waals surface area contributed by atoms with E-state index < -0.39 is 22.3 Å². The normalized spacial score (nSPS) is 10.1. The fourth-order valence-corrected chi connectivity index (χ4v) is 1.24. The number of nitro benzene ring substituents is 1. The Hall–Kier alpha value is -2.84. The Morgan fingerprint density at radius 1 is 1.50 bits per heavy atom. The summed E-state index contributed by atoms with van der Waals surface area (Å²) in [4.78, 5) is 21.1. The number of hydrogen-bond donors (Lipinski definition) is 2. The van der Waals surface area contributed by atoms with Crippen molar-refractivity contribution < 1.29 is 14.1 Å². The third-order valence-corrected chi connectivity index (χ3v) is 2.05. The summed E-state index contributed by atoms with van der Waals surface area (Å²) in [5.41, 5.74) is -0.547. The minimum absolute atomic E-state index is 0.0220. The highest BCUT2D eigenvalue weighted by Crippen LogP contribution is 2.20. The molecule has 9 heteroatoms. The van der Waals surface area contributed by atoms with Crippen LogP contribution < -0.4 is 5.32 Å². The molecule has 1 aromatic carbocycles. The lowest BCUT2D eigenvalue weighted by molar-refractivity contribution is -0.387. The van der Waals surface area contributed by atoms with Crippen molar-refractivity contribution in [1.82, 2.24) is 15.4 Å². The first-order chi connectivity index (χ1) is 8.58. The molecular formula is C9H6FN5O3. The summed E-state index contributed by atoms with van der Waals surface area (Å²) in [6, 6.07) is 3.04. The van der Waals surface area contributed by atoms with Crippen molar-refractivity contribution >= 4 is 17.3 Å². The van der Waals surface area contributed by atoms with Crippen LogP contribution in [-0.4, -0.2) is 26.2 Å². The van der Waals surface area contributed by atoms with Crippen LogP contribution in [0.3, 0.4) is 0 Å². The number of amides is 1. The van der Waals surface area contributed by atoms with Gasteiger partial charge in [-0.25, -0.2) is 0 Å². The zero-order chi connectivity index (χ0) is 13.1. The van der Waals surface area contributed by atoms with Gasteiger partial charge in [0, 0.05) is 17.8 Å². The largest absolute Gasteiger partial charge is 0.320 e. The number of aromatic amines is 1. The van der Waals surface area contributed by atoms with Crippen molar-refractivity contribution in [3.63, 3.8) is 0 Å². The molecule has 0 saturated carbocycles. The number of carbonyl (C=O) groups excluding carboxylic acids is 1. The molecule has 1 amide bonds. The van der Waals surface area contributed by atoms with Crippen LogP contribution in [0.2, 0.25) is 0 Å². The van der Waals surface area contributed by atoms with E-state index in [9.17, 15) is 19.3 Å². The summed E-state index contributed by atoms with van der Waals surface area (Å²) in [5.74, 6) is -1.63. The second-order valence-corrected chi connectivity index (χ2v) is 3.23. The van der Waals surface area contributed by atoms with Crippen molar-refractivity contribution in [2.75, 3.05) is 5.32 Å². The molecule has 0 spiro atoms. The summed E-state index contributed by atoms with van der Waals surface area (Å²) in [6.07, 6.45) is 1.19. The van der Waals surface area contributed by atoms with Crippen LogP contribution in [0.25, 0.3) is 0 Å². The minimum atomic E-state index is -1.03. The summed E-state index contributed by atoms with van der Waals surface area (Å²) < 4.78 is 13.3. The predicted octanol–water partition coefficient (Wildman–Crippen LogP) is 1.10. The van der Waals surface area contributed by atoms with E-state index in [4.69, 9.17) is 0 Å². The highest BCUT2D eigenvalue weighted by atomic mass is 19.1. The molecule has 18 heavy (non-hydrogen) atoms. The highest BCUT2D eigenvalue weighted by molar-refractivity contribution is 6.02. The van der Waals surface area contributed by atoms with Gasteiger partial charge in [-0.1, -0.05) is 0 Å². The van der Waals surface area contributed by atoms with E-state index in [-0.39, 0.29) is 11.4 Å². The third kappa shape index (κ3) is 2.29. The number of nitro groups is 1. The summed E-state index contributed by atoms with van der Waals surface area (Å²) >= 11 is 0. The molecule has 0 aliphatic heterocycles. The van der Waals surface area contributed by atoms with Crippen molar-refractivity contribution in [2.45, 2.75) is 0 Å². The molecule has 0 bridgehead atoms. The molecule has 0 atom stereocenters. The second kappa shape index (κ2) is 4.57. The summed E-state index contributed by atoms with van der Waals surface area (Å²) in [6.45, 7) is 0. The molecule has 0 aliphatic carbocycles. The SMILES string of the molecule is O=C(Nc1ccc([N+](=O)[O-])c(F)c1)c1cn[nH]n1. The highest BCUT2D eigenvalue weighted by Gasteiger charge is 2.15. The van der Waals surface area contributed by atoms with Crippen molar-refractivity contribution in [3.8, 4) is 0 Å². The van der Waals surface area contributed by atoms with Crippen molar-refractivity contribution in [3.05, 3.63) is 46.0 Å². The molecule has 0 fully saturated rings. The maximum absolute atomic E-state index is 13.3. The molecule has 1 heterocycles. The zero-order valence-electron chi connectivity index (χ0n) is 8.75. The smallest absolute Gasteiger partial charge is 0.304 e. The fraction of sp³-hybridized carbons (Fsp3) is 0. The van der Waals surface area contributed by atoms with Gasteiger partial charge in [-0.05, 0) is 6.07 Å². The van der Waals surface area contributed by atoms with Gasteiger partial charge in [0.25, 0.3) is 5.91 Å². The minimum Gasteiger partial charge on any atom is -0.320 e. The molecule has 0 radical (unpaired) electrons. The number of nitrogens with one attached hydrogen (secondary N) is 2. The average Bonchev–Trinajstić information content (AvgIpc) is 2.81. The molecule has 0 saturated heterocycles. The maximum atomic E-state index is 13.3. The molecule has 2 rings (SSSR count). The van der Waals surface area contributed by atoms with Gasteiger partial charge in [0.05, 0.1) is 11.1 Å². The van der Waals surface area contributed by atoms with Crippen LogP contribution in [0.5, 0.6) is 0 Å². The Bertz CT molecular complexity index is 598. The van der Waals surface area contributed by atoms with Crippen LogP contribution in [0.15, 0.2) is 24.4 Å². The fourth-order valence-electron chi connectivity index (χ4n) is 1.24. The van der Waals surface area contributed by atoms with Crippen LogP contribution in [0, 0.1) is 15.9 Å². The number of carbonyl (C=O) groups is 1. The molecule has 0 aliphatic rings. The predicted molar refractivity (Wildman–Crippen MR) is 57.4 cm³/mol. The Morgan fingerprint density at radius 3 is 2.83 bits per heavy atom. The summed E-state index contributed by atoms with van der Waals surface area (Å²) in [5, 5.41) is 21.9. The topological polar surface area (TPSA) is 114 Å². The molecule has 2 aromatic rings. The number of nitrogens with zero attached hydrogens (tertiary/aromatic N) is 3. The first-order valence-electron chi connectivity index (χ1n) is 4.69. The number of benzene rings is 1. The van der Waals surface area contributed by atoms with Gasteiger partial charge in [-0.15, -0.1) is 0 Å². The van der Waals surface area contributed by atoms with Gasteiger partial charge in [-0.3, -0.25) is 14.9 Å². The van der Waals surface area contributed by atoms with Gasteiger partial charge in [-0.2, -0.15) is 19.8 Å². The molecule has 1 aromatic heterocycles. The molecule has 0 unspecified atom stereocenters. The van der Waals surface area contributed by atoms with E-state index in [0.717, 1.165) is 12.1 Å². The van der Waals surface area contributed by atoms with E-state index in [1.54, 1.807) is 0 Å². The number of H-pyrrole nitrogens is 1. The Kier molecular flexibility index (Phi) is 2.96. The Morgan fingerprint density at radius 2 is 2.28 bits per heavy atom. The first-order valence-corrected chi connectivity index (χ1v) is 4.69. The van der Waals surface area contributed by atoms with Crippen LogP contribution in [0.1, 0.15) is 10.5 Å². The van der Waals surface area contributed by atoms with E-state index in [1.807, 2.05) is 0 Å². The van der Waals surface area contributed by atoms with Crippen molar-refractivity contribution in [2.24, 2.45) is 0 Å². The van der Waals surface area contributed by atoms with Gasteiger partial charge >= 0.3 is 5.69 Å². The van der Waals surface area contributed by atoms with Gasteiger partial charge in [0.2, 0.25) is 5.82 Å². The molecule has 8 nitrogen and oxygen atoms in total. The Balaban J connectivity index is 2.18. The second-order valence-electron chi connectivity index (χ2n) is 3.23. The lowest BCUT2D eigenvalue weighted by Crippen LogP contribution is -2.12. The summed E-state index contributed by atoms with van der Waals surface area (Å²) in [7, 11) is 0. The molecular weight excluding hydrogens is 245 g/mol. The molecule has 92 valence electrons. The third-order valence-electron chi connectivity index (χ3n) is 2.05.